The van der Waals surface area contributed by atoms with Crippen molar-refractivity contribution < 1.29 is 4.43 Å². The highest BCUT2D eigenvalue weighted by Crippen LogP contribution is 2.50. The van der Waals surface area contributed by atoms with E-state index in [-0.39, 0.29) is 5.04 Å². The Hall–Kier alpha value is -1.38. The van der Waals surface area contributed by atoms with Crippen LogP contribution in [0.4, 0.5) is 0 Å². The molecule has 0 aliphatic heterocycles. The molecule has 2 aromatic carbocycles. The minimum absolute atomic E-state index is 0.0829. The van der Waals surface area contributed by atoms with Crippen LogP contribution in [-0.4, -0.2) is 14.9 Å². The van der Waals surface area contributed by atoms with Crippen LogP contribution in [0.2, 0.25) is 5.04 Å². The lowest BCUT2D eigenvalue weighted by Crippen LogP contribution is -2.67. The van der Waals surface area contributed by atoms with Gasteiger partial charge in [0.2, 0.25) is 0 Å². The van der Waals surface area contributed by atoms with Crippen molar-refractivity contribution in [2.75, 3.05) is 6.61 Å². The molecule has 0 radical (unpaired) electrons. The van der Waals surface area contributed by atoms with E-state index in [2.05, 4.69) is 88.4 Å². The van der Waals surface area contributed by atoms with Gasteiger partial charge in [-0.2, -0.15) is 0 Å². The predicted molar refractivity (Wildman–Crippen MR) is 106 cm³/mol. The molecule has 2 heteroatoms. The van der Waals surface area contributed by atoms with Gasteiger partial charge in [0, 0.05) is 6.61 Å². The summed E-state index contributed by atoms with van der Waals surface area (Å²) in [7, 11) is -2.34. The first-order chi connectivity index (χ1) is 11.4. The summed E-state index contributed by atoms with van der Waals surface area (Å²) >= 11 is 0. The molecule has 0 spiro atoms. The molecular formula is C22H30OSi. The molecule has 0 atom stereocenters. The molecule has 0 saturated heterocycles. The maximum atomic E-state index is 7.02. The summed E-state index contributed by atoms with van der Waals surface area (Å²) in [4.78, 5) is 0. The fourth-order valence-electron chi connectivity index (χ4n) is 3.80. The van der Waals surface area contributed by atoms with Crippen LogP contribution in [0, 0.1) is 5.41 Å². The van der Waals surface area contributed by atoms with Gasteiger partial charge in [-0.15, -0.1) is 0 Å². The van der Waals surface area contributed by atoms with Crippen LogP contribution >= 0.6 is 0 Å². The topological polar surface area (TPSA) is 9.23 Å². The summed E-state index contributed by atoms with van der Waals surface area (Å²) < 4.78 is 7.02. The minimum atomic E-state index is -2.34. The lowest BCUT2D eigenvalue weighted by Gasteiger charge is -2.43. The second kappa shape index (κ2) is 6.49. The van der Waals surface area contributed by atoms with Gasteiger partial charge in [0.1, 0.15) is 0 Å². The maximum absolute atomic E-state index is 7.02. The first-order valence-corrected chi connectivity index (χ1v) is 11.1. The summed E-state index contributed by atoms with van der Waals surface area (Å²) in [6.45, 7) is 10.3. The fraction of sp³-hybridized carbons (Fsp3) is 0.455. The molecule has 1 fully saturated rings. The highest BCUT2D eigenvalue weighted by Gasteiger charge is 2.52. The molecule has 2 aromatic rings. The SMILES string of the molecule is CCC1(CO[Si](c2ccccc2)(c2ccccc2)C(C)(C)C)CC1. The van der Waals surface area contributed by atoms with Gasteiger partial charge in [-0.3, -0.25) is 0 Å². The number of benzene rings is 2. The average Bonchev–Trinajstić information content (AvgIpc) is 3.37. The van der Waals surface area contributed by atoms with Crippen molar-refractivity contribution in [3.05, 3.63) is 60.7 Å². The molecular weight excluding hydrogens is 308 g/mol. The first-order valence-electron chi connectivity index (χ1n) is 9.19. The highest BCUT2D eigenvalue weighted by atomic mass is 28.4. The van der Waals surface area contributed by atoms with Crippen LogP contribution in [0.15, 0.2) is 60.7 Å². The van der Waals surface area contributed by atoms with Gasteiger partial charge in [-0.25, -0.2) is 0 Å². The molecule has 0 bridgehead atoms. The van der Waals surface area contributed by atoms with Gasteiger partial charge < -0.3 is 4.43 Å². The van der Waals surface area contributed by atoms with Crippen LogP contribution in [0.25, 0.3) is 0 Å². The summed E-state index contributed by atoms with van der Waals surface area (Å²) in [5, 5.41) is 2.85. The Labute approximate surface area is 148 Å². The largest absolute Gasteiger partial charge is 0.407 e. The Balaban J connectivity index is 2.10. The van der Waals surface area contributed by atoms with Crippen molar-refractivity contribution in [2.45, 2.75) is 52.0 Å². The molecule has 0 heterocycles. The van der Waals surface area contributed by atoms with Crippen LogP contribution < -0.4 is 10.4 Å². The molecule has 0 aromatic heterocycles. The van der Waals surface area contributed by atoms with Crippen molar-refractivity contribution in [3.63, 3.8) is 0 Å². The van der Waals surface area contributed by atoms with E-state index in [1.165, 1.54) is 29.6 Å². The molecule has 24 heavy (non-hydrogen) atoms. The van der Waals surface area contributed by atoms with Gasteiger partial charge in [0.05, 0.1) is 0 Å². The fourth-order valence-corrected chi connectivity index (χ4v) is 8.48. The molecule has 1 aliphatic rings. The van der Waals surface area contributed by atoms with Crippen LogP contribution in [0.3, 0.4) is 0 Å². The number of hydrogen-bond acceptors (Lipinski definition) is 1. The van der Waals surface area contributed by atoms with Gasteiger partial charge in [-0.05, 0) is 40.1 Å². The Morgan fingerprint density at radius 1 is 0.875 bits per heavy atom. The van der Waals surface area contributed by atoms with Crippen molar-refractivity contribution in [3.8, 4) is 0 Å². The van der Waals surface area contributed by atoms with Crippen molar-refractivity contribution in [1.29, 1.82) is 0 Å². The maximum Gasteiger partial charge on any atom is 0.261 e. The summed E-state index contributed by atoms with van der Waals surface area (Å²) in [5.74, 6) is 0. The van der Waals surface area contributed by atoms with Gasteiger partial charge in [-0.1, -0.05) is 88.4 Å². The van der Waals surface area contributed by atoms with Crippen LogP contribution in [0.5, 0.6) is 0 Å². The monoisotopic (exact) mass is 338 g/mol. The highest BCUT2D eigenvalue weighted by molar-refractivity contribution is 6.99. The summed E-state index contributed by atoms with van der Waals surface area (Å²) in [6, 6.07) is 21.9. The molecule has 1 saturated carbocycles. The van der Waals surface area contributed by atoms with E-state index >= 15 is 0 Å². The van der Waals surface area contributed by atoms with E-state index in [0.717, 1.165) is 6.61 Å². The van der Waals surface area contributed by atoms with Crippen molar-refractivity contribution in [2.24, 2.45) is 5.41 Å². The first kappa shape index (κ1) is 17.4. The number of rotatable bonds is 6. The van der Waals surface area contributed by atoms with E-state index in [1.54, 1.807) is 0 Å². The Morgan fingerprint density at radius 2 is 1.33 bits per heavy atom. The molecule has 0 unspecified atom stereocenters. The summed E-state index contributed by atoms with van der Waals surface area (Å²) in [6.07, 6.45) is 3.87. The second-order valence-corrected chi connectivity index (χ2v) is 12.6. The van der Waals surface area contributed by atoms with E-state index < -0.39 is 8.32 Å². The predicted octanol–water partition coefficient (Wildman–Crippen LogP) is 4.75. The lowest BCUT2D eigenvalue weighted by molar-refractivity contribution is 0.216. The molecule has 3 rings (SSSR count). The zero-order valence-corrected chi connectivity index (χ0v) is 16.5. The van der Waals surface area contributed by atoms with E-state index in [4.69, 9.17) is 4.43 Å². The van der Waals surface area contributed by atoms with Gasteiger partial charge >= 0.3 is 0 Å². The third kappa shape index (κ3) is 3.10. The third-order valence-corrected chi connectivity index (χ3v) is 10.7. The quantitative estimate of drug-likeness (QED) is 0.691. The zero-order chi connectivity index (χ0) is 17.3. The van der Waals surface area contributed by atoms with Crippen LogP contribution in [0.1, 0.15) is 47.0 Å². The average molecular weight is 339 g/mol. The normalized spacial score (nSPS) is 16.8. The van der Waals surface area contributed by atoms with E-state index in [1.807, 2.05) is 0 Å². The Morgan fingerprint density at radius 3 is 1.67 bits per heavy atom. The van der Waals surface area contributed by atoms with E-state index in [0.29, 0.717) is 5.41 Å². The van der Waals surface area contributed by atoms with Crippen LogP contribution in [-0.2, 0) is 4.43 Å². The molecule has 128 valence electrons. The smallest absolute Gasteiger partial charge is 0.261 e. The molecule has 1 nitrogen and oxygen atoms in total. The standard InChI is InChI=1S/C22H30OSi/c1-5-22(16-17-22)18-23-24(21(2,3)4,19-12-8-6-9-13-19)20-14-10-7-11-15-20/h6-15H,5,16-18H2,1-4H3. The minimum Gasteiger partial charge on any atom is -0.407 e. The third-order valence-electron chi connectivity index (χ3n) is 5.72. The van der Waals surface area contributed by atoms with E-state index in [9.17, 15) is 0 Å². The van der Waals surface area contributed by atoms with Gasteiger partial charge in [0.25, 0.3) is 8.32 Å². The lowest BCUT2D eigenvalue weighted by atomic mass is 10.1. The Bertz CT molecular complexity index is 614. The Kier molecular flexibility index (Phi) is 4.72. The zero-order valence-electron chi connectivity index (χ0n) is 15.5. The van der Waals surface area contributed by atoms with Gasteiger partial charge in [0.15, 0.2) is 0 Å². The molecule has 1 aliphatic carbocycles. The molecule has 0 N–H and O–H groups in total. The second-order valence-electron chi connectivity index (χ2n) is 8.31. The van der Waals surface area contributed by atoms with Crippen molar-refractivity contribution >= 4 is 18.7 Å². The molecule has 0 amide bonds. The summed E-state index contributed by atoms with van der Waals surface area (Å²) in [5.41, 5.74) is 0.438. The van der Waals surface area contributed by atoms with Crippen molar-refractivity contribution in [1.82, 2.24) is 0 Å². The number of hydrogen-bond donors (Lipinski definition) is 0.